The van der Waals surface area contributed by atoms with Crippen molar-refractivity contribution < 1.29 is 4.42 Å². The molecule has 0 aliphatic carbocycles. The molecule has 0 fully saturated rings. The van der Waals surface area contributed by atoms with E-state index in [0.29, 0.717) is 6.54 Å². The molecule has 0 saturated heterocycles. The molecule has 0 saturated carbocycles. The largest absolute Gasteiger partial charge is 0.468 e. The summed E-state index contributed by atoms with van der Waals surface area (Å²) in [5.41, 5.74) is 5.86. The van der Waals surface area contributed by atoms with Crippen LogP contribution in [0.4, 0.5) is 0 Å². The first-order valence-corrected chi connectivity index (χ1v) is 7.04. The second-order valence-corrected chi connectivity index (χ2v) is 5.77. The van der Waals surface area contributed by atoms with Gasteiger partial charge in [0.05, 0.1) is 18.8 Å². The number of halogens is 1. The van der Waals surface area contributed by atoms with Gasteiger partial charge in [0.2, 0.25) is 0 Å². The lowest BCUT2D eigenvalue weighted by atomic mass is 10.2. The van der Waals surface area contributed by atoms with Crippen molar-refractivity contribution in [1.82, 2.24) is 4.90 Å². The number of hydrogen-bond acceptors (Lipinski definition) is 4. The number of rotatable bonds is 5. The molecule has 5 heteroatoms. The molecule has 1 unspecified atom stereocenters. The summed E-state index contributed by atoms with van der Waals surface area (Å²) >= 11 is 5.20. The molecule has 0 amide bonds. The van der Waals surface area contributed by atoms with Crippen LogP contribution in [0.3, 0.4) is 0 Å². The summed E-state index contributed by atoms with van der Waals surface area (Å²) in [5.74, 6) is 0.960. The normalized spacial score (nSPS) is 13.2. The van der Waals surface area contributed by atoms with Gasteiger partial charge in [-0.3, -0.25) is 4.90 Å². The minimum atomic E-state index is 0.233. The van der Waals surface area contributed by atoms with E-state index in [9.17, 15) is 0 Å². The van der Waals surface area contributed by atoms with Crippen LogP contribution < -0.4 is 5.73 Å². The Balaban J connectivity index is 2.07. The molecule has 2 aromatic rings. The summed E-state index contributed by atoms with van der Waals surface area (Å²) in [6.45, 7) is 1.37. The minimum absolute atomic E-state index is 0.233. The summed E-state index contributed by atoms with van der Waals surface area (Å²) < 4.78 is 6.46. The zero-order chi connectivity index (χ0) is 12.3. The third-order valence-corrected chi connectivity index (χ3v) is 4.45. The van der Waals surface area contributed by atoms with E-state index in [2.05, 4.69) is 39.3 Å². The van der Waals surface area contributed by atoms with Gasteiger partial charge < -0.3 is 10.2 Å². The zero-order valence-electron chi connectivity index (χ0n) is 9.60. The van der Waals surface area contributed by atoms with E-state index in [0.717, 1.165) is 16.8 Å². The number of nitrogens with zero attached hydrogens (tertiary/aromatic N) is 1. The maximum atomic E-state index is 5.86. The molecule has 0 aliphatic heterocycles. The van der Waals surface area contributed by atoms with Gasteiger partial charge in [-0.15, -0.1) is 11.3 Å². The fourth-order valence-corrected chi connectivity index (χ4v) is 3.40. The molecule has 2 aromatic heterocycles. The Labute approximate surface area is 113 Å². The Bertz CT molecular complexity index is 455. The summed E-state index contributed by atoms with van der Waals surface area (Å²) in [7, 11) is 2.06. The third-order valence-electron chi connectivity index (χ3n) is 2.66. The average Bonchev–Trinajstić information content (AvgIpc) is 2.91. The van der Waals surface area contributed by atoms with Gasteiger partial charge in [-0.1, -0.05) is 0 Å². The van der Waals surface area contributed by atoms with Gasteiger partial charge in [0.25, 0.3) is 0 Å². The molecular weight excluding hydrogens is 300 g/mol. The maximum Gasteiger partial charge on any atom is 0.117 e. The van der Waals surface area contributed by atoms with Crippen molar-refractivity contribution in [3.8, 4) is 0 Å². The standard InChI is InChI=1S/C12H15BrN2OS/c1-15(7-10-3-2-4-16-10)11(6-14)12-5-9(13)8-17-12/h2-5,8,11H,6-7,14H2,1H3. The van der Waals surface area contributed by atoms with Crippen LogP contribution in [0.25, 0.3) is 0 Å². The summed E-state index contributed by atoms with van der Waals surface area (Å²) in [6.07, 6.45) is 1.70. The van der Waals surface area contributed by atoms with Crippen molar-refractivity contribution in [1.29, 1.82) is 0 Å². The summed E-state index contributed by atoms with van der Waals surface area (Å²) in [5, 5.41) is 2.08. The number of nitrogens with two attached hydrogens (primary N) is 1. The molecule has 2 heterocycles. The van der Waals surface area contributed by atoms with E-state index < -0.39 is 0 Å². The van der Waals surface area contributed by atoms with Gasteiger partial charge >= 0.3 is 0 Å². The van der Waals surface area contributed by atoms with Crippen LogP contribution in [0.2, 0.25) is 0 Å². The number of likely N-dealkylation sites (N-methyl/N-ethyl adjacent to an activating group) is 1. The number of hydrogen-bond donors (Lipinski definition) is 1. The van der Waals surface area contributed by atoms with E-state index in [-0.39, 0.29) is 6.04 Å². The van der Waals surface area contributed by atoms with Gasteiger partial charge in [-0.2, -0.15) is 0 Å². The minimum Gasteiger partial charge on any atom is -0.468 e. The highest BCUT2D eigenvalue weighted by atomic mass is 79.9. The molecule has 2 rings (SSSR count). The van der Waals surface area contributed by atoms with Crippen molar-refractivity contribution in [2.45, 2.75) is 12.6 Å². The number of thiophene rings is 1. The van der Waals surface area contributed by atoms with Crippen LogP contribution in [0.1, 0.15) is 16.7 Å². The predicted molar refractivity (Wildman–Crippen MR) is 74.0 cm³/mol. The van der Waals surface area contributed by atoms with Crippen LogP contribution in [0, 0.1) is 0 Å². The van der Waals surface area contributed by atoms with Gasteiger partial charge in [-0.05, 0) is 41.2 Å². The maximum absolute atomic E-state index is 5.86. The highest BCUT2D eigenvalue weighted by molar-refractivity contribution is 9.10. The highest BCUT2D eigenvalue weighted by Gasteiger charge is 2.18. The Morgan fingerprint density at radius 1 is 1.59 bits per heavy atom. The van der Waals surface area contributed by atoms with Crippen molar-refractivity contribution in [3.63, 3.8) is 0 Å². The Hall–Kier alpha value is -0.620. The molecule has 92 valence electrons. The van der Waals surface area contributed by atoms with Crippen LogP contribution in [0.15, 0.2) is 38.7 Å². The van der Waals surface area contributed by atoms with Crippen molar-refractivity contribution in [2.24, 2.45) is 5.73 Å². The fourth-order valence-electron chi connectivity index (χ4n) is 1.77. The lowest BCUT2D eigenvalue weighted by molar-refractivity contribution is 0.226. The zero-order valence-corrected chi connectivity index (χ0v) is 12.0. The smallest absolute Gasteiger partial charge is 0.117 e. The second-order valence-electron chi connectivity index (χ2n) is 3.91. The average molecular weight is 315 g/mol. The van der Waals surface area contributed by atoms with Gasteiger partial charge in [0.15, 0.2) is 0 Å². The topological polar surface area (TPSA) is 42.4 Å². The Morgan fingerprint density at radius 2 is 2.41 bits per heavy atom. The second kappa shape index (κ2) is 5.82. The summed E-state index contributed by atoms with van der Waals surface area (Å²) in [6, 6.07) is 6.24. The fraction of sp³-hybridized carbons (Fsp3) is 0.333. The molecule has 0 bridgehead atoms. The molecule has 3 nitrogen and oxygen atoms in total. The first-order valence-electron chi connectivity index (χ1n) is 5.37. The molecule has 2 N–H and O–H groups in total. The molecule has 0 aromatic carbocycles. The first kappa shape index (κ1) is 12.8. The molecule has 0 radical (unpaired) electrons. The molecule has 0 aliphatic rings. The molecule has 17 heavy (non-hydrogen) atoms. The lowest BCUT2D eigenvalue weighted by Gasteiger charge is -2.25. The van der Waals surface area contributed by atoms with Gasteiger partial charge in [0.1, 0.15) is 5.76 Å². The monoisotopic (exact) mass is 314 g/mol. The Morgan fingerprint density at radius 3 is 2.94 bits per heavy atom. The van der Waals surface area contributed by atoms with Gasteiger partial charge in [-0.25, -0.2) is 0 Å². The highest BCUT2D eigenvalue weighted by Crippen LogP contribution is 2.29. The van der Waals surface area contributed by atoms with Crippen LogP contribution in [0.5, 0.6) is 0 Å². The lowest BCUT2D eigenvalue weighted by Crippen LogP contribution is -2.29. The van der Waals surface area contributed by atoms with Crippen molar-refractivity contribution in [2.75, 3.05) is 13.6 Å². The van der Waals surface area contributed by atoms with E-state index in [1.165, 1.54) is 4.88 Å². The van der Waals surface area contributed by atoms with E-state index in [4.69, 9.17) is 10.2 Å². The SMILES string of the molecule is CN(Cc1ccco1)C(CN)c1cc(Br)cs1. The van der Waals surface area contributed by atoms with E-state index in [1.807, 2.05) is 12.1 Å². The Kier molecular flexibility index (Phi) is 4.39. The molecule has 0 spiro atoms. The van der Waals surface area contributed by atoms with Crippen LogP contribution >= 0.6 is 27.3 Å². The van der Waals surface area contributed by atoms with Crippen molar-refractivity contribution in [3.05, 3.63) is 45.0 Å². The van der Waals surface area contributed by atoms with Crippen molar-refractivity contribution >= 4 is 27.3 Å². The third kappa shape index (κ3) is 3.19. The first-order chi connectivity index (χ1) is 8.20. The molecular formula is C12H15BrN2OS. The van der Waals surface area contributed by atoms with E-state index >= 15 is 0 Å². The quantitative estimate of drug-likeness (QED) is 0.921. The van der Waals surface area contributed by atoms with E-state index in [1.54, 1.807) is 17.6 Å². The summed E-state index contributed by atoms with van der Waals surface area (Å²) in [4.78, 5) is 3.48. The number of furan rings is 1. The van der Waals surface area contributed by atoms with Gasteiger partial charge in [0, 0.05) is 21.3 Å². The molecule has 1 atom stereocenters. The predicted octanol–water partition coefficient (Wildman–Crippen LogP) is 3.24. The van der Waals surface area contributed by atoms with Crippen LogP contribution in [-0.4, -0.2) is 18.5 Å². The van der Waals surface area contributed by atoms with Crippen LogP contribution in [-0.2, 0) is 6.54 Å².